The molecule has 18 heavy (non-hydrogen) atoms. The molecule has 0 radical (unpaired) electrons. The average Bonchev–Trinajstić information content (AvgIpc) is 2.62. The molecule has 0 aliphatic heterocycles. The van der Waals surface area contributed by atoms with Crippen molar-refractivity contribution < 1.29 is 12.8 Å². The summed E-state index contributed by atoms with van der Waals surface area (Å²) < 4.78 is 38.6. The van der Waals surface area contributed by atoms with Gasteiger partial charge in [0.2, 0.25) is 0 Å². The van der Waals surface area contributed by atoms with E-state index >= 15 is 0 Å². The van der Waals surface area contributed by atoms with E-state index in [9.17, 15) is 12.8 Å². The topological polar surface area (TPSA) is 78.0 Å². The van der Waals surface area contributed by atoms with Gasteiger partial charge in [-0.25, -0.2) is 12.8 Å². The highest BCUT2D eigenvalue weighted by Gasteiger charge is 2.19. The Morgan fingerprint density at radius 3 is 2.67 bits per heavy atom. The standard InChI is InChI=1S/C11H12FN3O2S/c1-15-5-4-9(14-15)7-18(16,17)11-3-2-8(12)6-10(11)13/h2-6H,7,13H2,1H3. The first kappa shape index (κ1) is 12.6. The van der Waals surface area contributed by atoms with Gasteiger partial charge in [-0.1, -0.05) is 0 Å². The third kappa shape index (κ3) is 2.51. The number of halogens is 1. The number of nitrogens with two attached hydrogens (primary N) is 1. The maximum absolute atomic E-state index is 12.9. The molecule has 0 bridgehead atoms. The minimum absolute atomic E-state index is 0.0745. The third-order valence-corrected chi connectivity index (χ3v) is 4.13. The van der Waals surface area contributed by atoms with E-state index in [0.717, 1.165) is 12.1 Å². The number of anilines is 1. The molecule has 2 rings (SSSR count). The smallest absolute Gasteiger partial charge is 0.186 e. The van der Waals surface area contributed by atoms with Crippen LogP contribution in [0.25, 0.3) is 0 Å². The number of nitrogens with zero attached hydrogens (tertiary/aromatic N) is 2. The van der Waals surface area contributed by atoms with Gasteiger partial charge in [0.05, 0.1) is 22.0 Å². The Labute approximate surface area is 104 Å². The zero-order valence-corrected chi connectivity index (χ0v) is 10.5. The highest BCUT2D eigenvalue weighted by atomic mass is 32.2. The van der Waals surface area contributed by atoms with Crippen molar-refractivity contribution in [2.24, 2.45) is 7.05 Å². The molecule has 0 aliphatic carbocycles. The van der Waals surface area contributed by atoms with E-state index in [1.54, 1.807) is 19.3 Å². The molecule has 2 N–H and O–H groups in total. The second-order valence-corrected chi connectivity index (χ2v) is 5.88. The lowest BCUT2D eigenvalue weighted by atomic mass is 10.3. The van der Waals surface area contributed by atoms with Gasteiger partial charge in [0.1, 0.15) is 5.82 Å². The van der Waals surface area contributed by atoms with Crippen LogP contribution in [0.5, 0.6) is 0 Å². The first-order valence-electron chi connectivity index (χ1n) is 5.15. The van der Waals surface area contributed by atoms with Crippen LogP contribution < -0.4 is 5.73 Å². The number of aromatic nitrogens is 2. The fraction of sp³-hybridized carbons (Fsp3) is 0.182. The normalized spacial score (nSPS) is 11.7. The summed E-state index contributed by atoms with van der Waals surface area (Å²) in [4.78, 5) is -0.0745. The molecule has 1 heterocycles. The average molecular weight is 269 g/mol. The Hall–Kier alpha value is -1.89. The van der Waals surface area contributed by atoms with Crippen molar-refractivity contribution in [2.45, 2.75) is 10.6 Å². The molecular weight excluding hydrogens is 257 g/mol. The fourth-order valence-electron chi connectivity index (χ4n) is 1.62. The second-order valence-electron chi connectivity index (χ2n) is 3.92. The molecule has 2 aromatic rings. The largest absolute Gasteiger partial charge is 0.398 e. The van der Waals surface area contributed by atoms with Gasteiger partial charge in [-0.3, -0.25) is 4.68 Å². The number of benzene rings is 1. The molecule has 1 aromatic carbocycles. The predicted octanol–water partition coefficient (Wildman–Crippen LogP) is 1.12. The van der Waals surface area contributed by atoms with E-state index in [0.29, 0.717) is 5.69 Å². The van der Waals surface area contributed by atoms with Crippen molar-refractivity contribution in [3.63, 3.8) is 0 Å². The summed E-state index contributed by atoms with van der Waals surface area (Å²) in [6.07, 6.45) is 1.65. The molecule has 0 fully saturated rings. The summed E-state index contributed by atoms with van der Waals surface area (Å²) >= 11 is 0. The molecule has 0 unspecified atom stereocenters. The van der Waals surface area contributed by atoms with Crippen LogP contribution in [0.15, 0.2) is 35.4 Å². The highest BCUT2D eigenvalue weighted by Crippen LogP contribution is 2.22. The minimum Gasteiger partial charge on any atom is -0.398 e. The molecule has 0 spiro atoms. The molecule has 0 aliphatic rings. The number of hydrogen-bond acceptors (Lipinski definition) is 4. The Morgan fingerprint density at radius 1 is 1.39 bits per heavy atom. The van der Waals surface area contributed by atoms with E-state index in [1.807, 2.05) is 0 Å². The summed E-state index contributed by atoms with van der Waals surface area (Å²) in [5.74, 6) is -0.826. The van der Waals surface area contributed by atoms with Crippen molar-refractivity contribution in [3.8, 4) is 0 Å². The van der Waals surface area contributed by atoms with Crippen LogP contribution in [0.3, 0.4) is 0 Å². The summed E-state index contributed by atoms with van der Waals surface area (Å²) in [6, 6.07) is 4.84. The summed E-state index contributed by atoms with van der Waals surface area (Å²) in [7, 11) is -1.92. The molecular formula is C11H12FN3O2S. The molecule has 5 nitrogen and oxygen atoms in total. The zero-order valence-electron chi connectivity index (χ0n) is 9.67. The van der Waals surface area contributed by atoms with Crippen molar-refractivity contribution >= 4 is 15.5 Å². The molecule has 0 amide bonds. The van der Waals surface area contributed by atoms with Crippen LogP contribution in [-0.2, 0) is 22.6 Å². The van der Waals surface area contributed by atoms with Gasteiger partial charge in [-0.2, -0.15) is 5.10 Å². The number of nitrogen functional groups attached to an aromatic ring is 1. The Morgan fingerprint density at radius 2 is 2.11 bits per heavy atom. The van der Waals surface area contributed by atoms with Crippen molar-refractivity contribution in [2.75, 3.05) is 5.73 Å². The maximum Gasteiger partial charge on any atom is 0.186 e. The van der Waals surface area contributed by atoms with Crippen LogP contribution in [-0.4, -0.2) is 18.2 Å². The molecule has 7 heteroatoms. The lowest BCUT2D eigenvalue weighted by molar-refractivity contribution is 0.593. The molecule has 1 aromatic heterocycles. The van der Waals surface area contributed by atoms with Crippen LogP contribution in [0.2, 0.25) is 0 Å². The number of rotatable bonds is 3. The number of hydrogen-bond donors (Lipinski definition) is 1. The number of sulfone groups is 1. The second kappa shape index (κ2) is 4.41. The van der Waals surface area contributed by atoms with Gasteiger partial charge in [0.15, 0.2) is 9.84 Å². The molecule has 0 atom stereocenters. The van der Waals surface area contributed by atoms with Gasteiger partial charge >= 0.3 is 0 Å². The minimum atomic E-state index is -3.61. The van der Waals surface area contributed by atoms with E-state index < -0.39 is 15.7 Å². The van der Waals surface area contributed by atoms with E-state index in [4.69, 9.17) is 5.73 Å². The Balaban J connectivity index is 2.36. The monoisotopic (exact) mass is 269 g/mol. The lowest BCUT2D eigenvalue weighted by Crippen LogP contribution is -2.09. The van der Waals surface area contributed by atoms with E-state index in [-0.39, 0.29) is 16.3 Å². The molecule has 0 saturated carbocycles. The van der Waals surface area contributed by atoms with Crippen LogP contribution in [0.4, 0.5) is 10.1 Å². The third-order valence-electron chi connectivity index (χ3n) is 2.41. The van der Waals surface area contributed by atoms with Crippen molar-refractivity contribution in [1.82, 2.24) is 9.78 Å². The van der Waals surface area contributed by atoms with Crippen molar-refractivity contribution in [3.05, 3.63) is 42.0 Å². The van der Waals surface area contributed by atoms with Gasteiger partial charge in [-0.15, -0.1) is 0 Å². The predicted molar refractivity (Wildman–Crippen MR) is 64.9 cm³/mol. The zero-order chi connectivity index (χ0) is 13.3. The van der Waals surface area contributed by atoms with Gasteiger partial charge < -0.3 is 5.73 Å². The Kier molecular flexibility index (Phi) is 3.08. The first-order valence-corrected chi connectivity index (χ1v) is 6.80. The SMILES string of the molecule is Cn1ccc(CS(=O)(=O)c2ccc(F)cc2N)n1. The van der Waals surface area contributed by atoms with Crippen molar-refractivity contribution in [1.29, 1.82) is 0 Å². The van der Waals surface area contributed by atoms with Crippen LogP contribution >= 0.6 is 0 Å². The summed E-state index contributed by atoms with van der Waals surface area (Å²) in [6.45, 7) is 0. The van der Waals surface area contributed by atoms with Gasteiger partial charge in [-0.05, 0) is 24.3 Å². The highest BCUT2D eigenvalue weighted by molar-refractivity contribution is 7.90. The van der Waals surface area contributed by atoms with Gasteiger partial charge in [0.25, 0.3) is 0 Å². The first-order chi connectivity index (χ1) is 8.38. The molecule has 96 valence electrons. The van der Waals surface area contributed by atoms with E-state index in [2.05, 4.69) is 5.10 Å². The van der Waals surface area contributed by atoms with Crippen LogP contribution in [0, 0.1) is 5.82 Å². The van der Waals surface area contributed by atoms with Gasteiger partial charge in [0, 0.05) is 13.2 Å². The van der Waals surface area contributed by atoms with E-state index in [1.165, 1.54) is 10.7 Å². The lowest BCUT2D eigenvalue weighted by Gasteiger charge is -2.06. The molecule has 0 saturated heterocycles. The summed E-state index contributed by atoms with van der Waals surface area (Å²) in [5.41, 5.74) is 5.85. The maximum atomic E-state index is 12.9. The quantitative estimate of drug-likeness (QED) is 0.669. The number of aryl methyl sites for hydroxylation is 1. The van der Waals surface area contributed by atoms with Crippen LogP contribution in [0.1, 0.15) is 5.69 Å². The Bertz CT molecular complexity index is 679. The fourth-order valence-corrected chi connectivity index (χ4v) is 3.01. The summed E-state index contributed by atoms with van der Waals surface area (Å²) in [5, 5.41) is 3.99.